The Morgan fingerprint density at radius 3 is 2.55 bits per heavy atom. The molecule has 0 fully saturated rings. The summed E-state index contributed by atoms with van der Waals surface area (Å²) in [5, 5.41) is 9.78. The van der Waals surface area contributed by atoms with Gasteiger partial charge in [0.15, 0.2) is 0 Å². The van der Waals surface area contributed by atoms with Gasteiger partial charge in [-0.15, -0.1) is 0 Å². The lowest BCUT2D eigenvalue weighted by Gasteiger charge is -2.12. The van der Waals surface area contributed by atoms with Crippen molar-refractivity contribution in [2.24, 2.45) is 0 Å². The summed E-state index contributed by atoms with van der Waals surface area (Å²) in [5.41, 5.74) is 0.328. The Labute approximate surface area is 133 Å². The maximum Gasteiger partial charge on any atom is 0.242 e. The number of aliphatic hydroxyl groups excluding tert-OH is 1. The molecule has 1 atom stereocenters. The molecule has 1 rings (SSSR count). The van der Waals surface area contributed by atoms with E-state index in [0.717, 1.165) is 6.42 Å². The van der Waals surface area contributed by atoms with Gasteiger partial charge >= 0.3 is 0 Å². The summed E-state index contributed by atoms with van der Waals surface area (Å²) in [7, 11) is -3.71. The van der Waals surface area contributed by atoms with Gasteiger partial charge in [0.05, 0.1) is 11.6 Å². The first-order valence-corrected chi connectivity index (χ1v) is 9.45. The molecule has 1 aromatic rings. The summed E-state index contributed by atoms with van der Waals surface area (Å²) in [5.74, 6) is 0. The van der Waals surface area contributed by atoms with E-state index in [4.69, 9.17) is 28.3 Å². The molecular weight excluding hydrogens is 341 g/mol. The first-order chi connectivity index (χ1) is 9.31. The molecule has 20 heavy (non-hydrogen) atoms. The fourth-order valence-corrected chi connectivity index (χ4v) is 3.75. The highest BCUT2D eigenvalue weighted by molar-refractivity contribution is 7.99. The SMILES string of the molecule is CSC(C)CCNS(=O)(=O)c1cc(CO)c(Cl)cc1Cl. The van der Waals surface area contributed by atoms with Gasteiger partial charge < -0.3 is 5.11 Å². The fraction of sp³-hybridized carbons (Fsp3) is 0.500. The Morgan fingerprint density at radius 2 is 2.00 bits per heavy atom. The smallest absolute Gasteiger partial charge is 0.242 e. The van der Waals surface area contributed by atoms with Gasteiger partial charge in [-0.1, -0.05) is 30.1 Å². The maximum absolute atomic E-state index is 12.2. The summed E-state index contributed by atoms with van der Waals surface area (Å²) >= 11 is 13.4. The zero-order chi connectivity index (χ0) is 15.3. The summed E-state index contributed by atoms with van der Waals surface area (Å²) in [6.45, 7) is 2.01. The molecular formula is C12H17Cl2NO3S2. The molecule has 0 aliphatic carbocycles. The second kappa shape index (κ2) is 7.87. The van der Waals surface area contributed by atoms with E-state index in [2.05, 4.69) is 4.72 Å². The fourth-order valence-electron chi connectivity index (χ4n) is 1.49. The molecule has 0 spiro atoms. The largest absolute Gasteiger partial charge is 0.392 e. The molecule has 0 saturated carbocycles. The highest BCUT2D eigenvalue weighted by atomic mass is 35.5. The molecule has 8 heteroatoms. The molecule has 0 aliphatic rings. The van der Waals surface area contributed by atoms with Crippen LogP contribution < -0.4 is 4.72 Å². The van der Waals surface area contributed by atoms with Crippen LogP contribution in [0.3, 0.4) is 0 Å². The number of aliphatic hydroxyl groups is 1. The van der Waals surface area contributed by atoms with E-state index in [1.165, 1.54) is 12.1 Å². The molecule has 0 saturated heterocycles. The second-order valence-corrected chi connectivity index (χ2v) is 8.09. The number of hydrogen-bond donors (Lipinski definition) is 2. The minimum atomic E-state index is -3.71. The Balaban J connectivity index is 2.92. The van der Waals surface area contributed by atoms with Gasteiger partial charge in [-0.3, -0.25) is 0 Å². The Bertz CT molecular complexity index is 564. The van der Waals surface area contributed by atoms with Gasteiger partial charge in [0, 0.05) is 16.8 Å². The molecule has 0 aliphatic heterocycles. The van der Waals surface area contributed by atoms with E-state index < -0.39 is 10.0 Å². The van der Waals surface area contributed by atoms with Crippen molar-refractivity contribution < 1.29 is 13.5 Å². The normalized spacial score (nSPS) is 13.4. The number of rotatable bonds is 7. The number of nitrogens with one attached hydrogen (secondary N) is 1. The number of halogens is 2. The van der Waals surface area contributed by atoms with E-state index in [9.17, 15) is 8.42 Å². The molecule has 1 unspecified atom stereocenters. The summed E-state index contributed by atoms with van der Waals surface area (Å²) in [6, 6.07) is 2.62. The molecule has 1 aromatic carbocycles. The third-order valence-electron chi connectivity index (χ3n) is 2.81. The van der Waals surface area contributed by atoms with Crippen LogP contribution in [0.5, 0.6) is 0 Å². The Morgan fingerprint density at radius 1 is 1.35 bits per heavy atom. The van der Waals surface area contributed by atoms with Crippen LogP contribution in [0.25, 0.3) is 0 Å². The van der Waals surface area contributed by atoms with Crippen molar-refractivity contribution in [1.29, 1.82) is 0 Å². The first-order valence-electron chi connectivity index (χ1n) is 5.93. The van der Waals surface area contributed by atoms with Crippen molar-refractivity contribution >= 4 is 45.0 Å². The lowest BCUT2D eigenvalue weighted by Crippen LogP contribution is -2.26. The van der Waals surface area contributed by atoms with Crippen LogP contribution in [0.4, 0.5) is 0 Å². The average molecular weight is 358 g/mol. The number of sulfonamides is 1. The van der Waals surface area contributed by atoms with Gasteiger partial charge in [0.25, 0.3) is 0 Å². The number of thioether (sulfide) groups is 1. The Kier molecular flexibility index (Phi) is 7.11. The van der Waals surface area contributed by atoms with E-state index in [1.54, 1.807) is 11.8 Å². The van der Waals surface area contributed by atoms with Crippen molar-refractivity contribution in [3.8, 4) is 0 Å². The maximum atomic E-state index is 12.2. The molecule has 0 amide bonds. The van der Waals surface area contributed by atoms with Crippen LogP contribution in [-0.4, -0.2) is 31.6 Å². The summed E-state index contributed by atoms with van der Waals surface area (Å²) < 4.78 is 26.9. The van der Waals surface area contributed by atoms with Crippen LogP contribution >= 0.6 is 35.0 Å². The lowest BCUT2D eigenvalue weighted by molar-refractivity contribution is 0.281. The van der Waals surface area contributed by atoms with Crippen LogP contribution in [-0.2, 0) is 16.6 Å². The minimum Gasteiger partial charge on any atom is -0.392 e. The van der Waals surface area contributed by atoms with Crippen LogP contribution in [0.1, 0.15) is 18.9 Å². The molecule has 2 N–H and O–H groups in total. The molecule has 4 nitrogen and oxygen atoms in total. The predicted octanol–water partition coefficient (Wildman–Crippen LogP) is 2.91. The van der Waals surface area contributed by atoms with E-state index in [0.29, 0.717) is 17.4 Å². The minimum absolute atomic E-state index is 0.0395. The molecule has 114 valence electrons. The van der Waals surface area contributed by atoms with Gasteiger partial charge in [-0.05, 0) is 30.4 Å². The van der Waals surface area contributed by atoms with E-state index in [-0.39, 0.29) is 21.5 Å². The predicted molar refractivity (Wildman–Crippen MR) is 85.2 cm³/mol. The Hall–Kier alpha value is 0.0200. The second-order valence-electron chi connectivity index (χ2n) is 4.26. The average Bonchev–Trinajstić information content (AvgIpc) is 2.38. The van der Waals surface area contributed by atoms with Gasteiger partial charge in [-0.2, -0.15) is 11.8 Å². The molecule has 0 bridgehead atoms. The van der Waals surface area contributed by atoms with Crippen molar-refractivity contribution in [1.82, 2.24) is 4.72 Å². The van der Waals surface area contributed by atoms with Gasteiger partial charge in [0.2, 0.25) is 10.0 Å². The van der Waals surface area contributed by atoms with Crippen molar-refractivity contribution in [2.75, 3.05) is 12.8 Å². The van der Waals surface area contributed by atoms with Crippen LogP contribution in [0.2, 0.25) is 10.0 Å². The zero-order valence-corrected chi connectivity index (χ0v) is 14.3. The molecule has 0 aromatic heterocycles. The van der Waals surface area contributed by atoms with Crippen LogP contribution in [0, 0.1) is 0 Å². The number of benzene rings is 1. The van der Waals surface area contributed by atoms with Crippen LogP contribution in [0.15, 0.2) is 17.0 Å². The summed E-state index contributed by atoms with van der Waals surface area (Å²) in [4.78, 5) is -0.0654. The molecule has 0 radical (unpaired) electrons. The monoisotopic (exact) mass is 357 g/mol. The molecule has 0 heterocycles. The van der Waals surface area contributed by atoms with Crippen molar-refractivity contribution in [3.63, 3.8) is 0 Å². The topological polar surface area (TPSA) is 66.4 Å². The van der Waals surface area contributed by atoms with Gasteiger partial charge in [-0.25, -0.2) is 13.1 Å². The quantitative estimate of drug-likeness (QED) is 0.787. The third-order valence-corrected chi connectivity index (χ3v) is 6.12. The van der Waals surface area contributed by atoms with Gasteiger partial charge in [0.1, 0.15) is 4.90 Å². The van der Waals surface area contributed by atoms with E-state index >= 15 is 0 Å². The van der Waals surface area contributed by atoms with E-state index in [1.807, 2.05) is 13.2 Å². The lowest BCUT2D eigenvalue weighted by atomic mass is 10.2. The highest BCUT2D eigenvalue weighted by Crippen LogP contribution is 2.28. The third kappa shape index (κ3) is 4.79. The zero-order valence-electron chi connectivity index (χ0n) is 11.2. The summed E-state index contributed by atoms with van der Waals surface area (Å²) in [6.07, 6.45) is 2.70. The number of hydrogen-bond acceptors (Lipinski definition) is 4. The first kappa shape index (κ1) is 18.1. The van der Waals surface area contributed by atoms with Crippen molar-refractivity contribution in [2.45, 2.75) is 30.1 Å². The standard InChI is InChI=1S/C12H17Cl2NO3S2/c1-8(19-2)3-4-15-20(17,18)12-5-9(7-16)10(13)6-11(12)14/h5-6,8,15-16H,3-4,7H2,1-2H3. The highest BCUT2D eigenvalue weighted by Gasteiger charge is 2.20. The van der Waals surface area contributed by atoms with Crippen molar-refractivity contribution in [3.05, 3.63) is 27.7 Å².